The summed E-state index contributed by atoms with van der Waals surface area (Å²) in [5, 5.41) is 11.2. The standard InChI is InChI=1S/C23H27NO5S/c1-28-21-12-11-18(13-22(21)29-20-9-5-6-10-20)19(15-24(26)27)14-23(25)30-16-17-7-3-2-4-8-17/h2-4,7-8,11-13,19-20H,5-6,9-10,14-16H2,1H3/t19-/m1/s1. The first-order valence-electron chi connectivity index (χ1n) is 10.2. The molecule has 1 saturated carbocycles. The van der Waals surface area contributed by atoms with E-state index < -0.39 is 5.92 Å². The Bertz CT molecular complexity index is 852. The third-order valence-corrected chi connectivity index (χ3v) is 6.25. The summed E-state index contributed by atoms with van der Waals surface area (Å²) >= 11 is 1.20. The molecule has 1 atom stereocenters. The van der Waals surface area contributed by atoms with Gasteiger partial charge in [0.15, 0.2) is 16.6 Å². The van der Waals surface area contributed by atoms with E-state index >= 15 is 0 Å². The minimum atomic E-state index is -0.507. The Morgan fingerprint density at radius 2 is 1.90 bits per heavy atom. The average molecular weight is 430 g/mol. The van der Waals surface area contributed by atoms with E-state index in [4.69, 9.17) is 9.47 Å². The Balaban J connectivity index is 1.71. The Hall–Kier alpha value is -2.54. The molecule has 0 radical (unpaired) electrons. The van der Waals surface area contributed by atoms with Crippen molar-refractivity contribution in [3.63, 3.8) is 0 Å². The number of nitrogens with zero attached hydrogens (tertiary/aromatic N) is 1. The molecule has 2 aromatic rings. The summed E-state index contributed by atoms with van der Waals surface area (Å²) < 4.78 is 11.5. The zero-order valence-corrected chi connectivity index (χ0v) is 17.9. The second-order valence-corrected chi connectivity index (χ2v) is 8.53. The predicted molar refractivity (Wildman–Crippen MR) is 118 cm³/mol. The maximum absolute atomic E-state index is 12.6. The number of hydrogen-bond donors (Lipinski definition) is 0. The highest BCUT2D eigenvalue weighted by atomic mass is 32.2. The highest BCUT2D eigenvalue weighted by Crippen LogP contribution is 2.35. The van der Waals surface area contributed by atoms with Gasteiger partial charge in [-0.05, 0) is 48.9 Å². The maximum Gasteiger partial charge on any atom is 0.211 e. The van der Waals surface area contributed by atoms with Crippen LogP contribution in [-0.4, -0.2) is 29.8 Å². The van der Waals surface area contributed by atoms with Crippen LogP contribution in [0, 0.1) is 10.1 Å². The Morgan fingerprint density at radius 3 is 2.57 bits per heavy atom. The van der Waals surface area contributed by atoms with Gasteiger partial charge in [0, 0.05) is 17.1 Å². The van der Waals surface area contributed by atoms with E-state index in [-0.39, 0.29) is 29.1 Å². The van der Waals surface area contributed by atoms with Crippen molar-refractivity contribution >= 4 is 16.9 Å². The van der Waals surface area contributed by atoms with Gasteiger partial charge in [0.1, 0.15) is 0 Å². The predicted octanol–water partition coefficient (Wildman–Crippen LogP) is 5.23. The van der Waals surface area contributed by atoms with E-state index in [0.29, 0.717) is 17.3 Å². The van der Waals surface area contributed by atoms with Crippen LogP contribution in [0.5, 0.6) is 11.5 Å². The van der Waals surface area contributed by atoms with Gasteiger partial charge >= 0.3 is 0 Å². The van der Waals surface area contributed by atoms with Gasteiger partial charge in [-0.3, -0.25) is 14.9 Å². The van der Waals surface area contributed by atoms with Crippen LogP contribution in [0.1, 0.15) is 49.1 Å². The lowest BCUT2D eigenvalue weighted by Crippen LogP contribution is -2.16. The van der Waals surface area contributed by atoms with Crippen molar-refractivity contribution in [3.05, 3.63) is 69.8 Å². The van der Waals surface area contributed by atoms with E-state index in [9.17, 15) is 14.9 Å². The van der Waals surface area contributed by atoms with E-state index in [1.165, 1.54) is 11.8 Å². The molecule has 0 aromatic heterocycles. The minimum absolute atomic E-state index is 0.0558. The summed E-state index contributed by atoms with van der Waals surface area (Å²) in [5.74, 6) is 1.26. The van der Waals surface area contributed by atoms with Gasteiger partial charge in [-0.2, -0.15) is 0 Å². The van der Waals surface area contributed by atoms with Crippen LogP contribution in [0.4, 0.5) is 0 Å². The summed E-state index contributed by atoms with van der Waals surface area (Å²) in [7, 11) is 1.58. The van der Waals surface area contributed by atoms with Gasteiger partial charge in [0.25, 0.3) is 0 Å². The van der Waals surface area contributed by atoms with Crippen LogP contribution >= 0.6 is 11.8 Å². The fourth-order valence-corrected chi connectivity index (χ4v) is 4.53. The molecule has 3 rings (SSSR count). The number of benzene rings is 2. The molecule has 0 amide bonds. The lowest BCUT2D eigenvalue weighted by Gasteiger charge is -2.19. The van der Waals surface area contributed by atoms with Crippen molar-refractivity contribution in [1.29, 1.82) is 0 Å². The summed E-state index contributed by atoms with van der Waals surface area (Å²) in [6.45, 7) is -0.299. The number of thioether (sulfide) groups is 1. The van der Waals surface area contributed by atoms with Gasteiger partial charge in [0.2, 0.25) is 6.54 Å². The molecule has 0 heterocycles. The van der Waals surface area contributed by atoms with Crippen LogP contribution in [-0.2, 0) is 10.5 Å². The first kappa shape index (κ1) is 22.2. The normalized spacial score (nSPS) is 15.0. The highest BCUT2D eigenvalue weighted by Gasteiger charge is 2.25. The molecule has 6 nitrogen and oxygen atoms in total. The summed E-state index contributed by atoms with van der Waals surface area (Å²) in [5.41, 5.74) is 1.78. The molecular formula is C23H27NO5S. The van der Waals surface area contributed by atoms with Gasteiger partial charge in [-0.15, -0.1) is 0 Å². The minimum Gasteiger partial charge on any atom is -0.493 e. The molecule has 30 heavy (non-hydrogen) atoms. The quantitative estimate of drug-likeness (QED) is 0.380. The maximum atomic E-state index is 12.6. The number of carbonyl (C=O) groups is 1. The molecule has 0 saturated heterocycles. The molecular weight excluding hydrogens is 402 g/mol. The lowest BCUT2D eigenvalue weighted by molar-refractivity contribution is -0.483. The van der Waals surface area contributed by atoms with Gasteiger partial charge in [-0.1, -0.05) is 48.2 Å². The molecule has 1 aliphatic carbocycles. The molecule has 7 heteroatoms. The molecule has 0 N–H and O–H groups in total. The summed E-state index contributed by atoms with van der Waals surface area (Å²) in [6.07, 6.45) is 4.54. The zero-order valence-electron chi connectivity index (χ0n) is 17.1. The van der Waals surface area contributed by atoms with Gasteiger partial charge in [-0.25, -0.2) is 0 Å². The van der Waals surface area contributed by atoms with E-state index in [1.807, 2.05) is 30.3 Å². The number of hydrogen-bond acceptors (Lipinski definition) is 6. The van der Waals surface area contributed by atoms with Crippen molar-refractivity contribution in [2.75, 3.05) is 13.7 Å². The largest absolute Gasteiger partial charge is 0.493 e. The lowest BCUT2D eigenvalue weighted by atomic mass is 9.96. The fraction of sp³-hybridized carbons (Fsp3) is 0.435. The van der Waals surface area contributed by atoms with Crippen molar-refractivity contribution in [3.8, 4) is 11.5 Å². The van der Waals surface area contributed by atoms with Crippen molar-refractivity contribution < 1.29 is 19.2 Å². The molecule has 0 spiro atoms. The molecule has 0 unspecified atom stereocenters. The first-order chi connectivity index (χ1) is 14.5. The van der Waals surface area contributed by atoms with Crippen LogP contribution in [0.2, 0.25) is 0 Å². The van der Waals surface area contributed by atoms with E-state index in [1.54, 1.807) is 25.3 Å². The molecule has 0 aliphatic heterocycles. The average Bonchev–Trinajstić information content (AvgIpc) is 3.25. The third kappa shape index (κ3) is 6.49. The summed E-state index contributed by atoms with van der Waals surface area (Å²) in [4.78, 5) is 23.5. The molecule has 1 aliphatic rings. The van der Waals surface area contributed by atoms with Crippen LogP contribution < -0.4 is 9.47 Å². The molecule has 1 fully saturated rings. The number of carbonyl (C=O) groups excluding carboxylic acids is 1. The van der Waals surface area contributed by atoms with Crippen molar-refractivity contribution in [1.82, 2.24) is 0 Å². The smallest absolute Gasteiger partial charge is 0.211 e. The first-order valence-corrected chi connectivity index (χ1v) is 11.2. The monoisotopic (exact) mass is 429 g/mol. The Labute approximate surface area is 181 Å². The number of nitro groups is 1. The molecule has 0 bridgehead atoms. The highest BCUT2D eigenvalue weighted by molar-refractivity contribution is 8.12. The zero-order chi connectivity index (χ0) is 21.3. The van der Waals surface area contributed by atoms with Gasteiger partial charge in [0.05, 0.1) is 19.1 Å². The number of ether oxygens (including phenoxy) is 2. The number of methoxy groups -OCH3 is 1. The van der Waals surface area contributed by atoms with Crippen LogP contribution in [0.25, 0.3) is 0 Å². The van der Waals surface area contributed by atoms with Gasteiger partial charge < -0.3 is 9.47 Å². The third-order valence-electron chi connectivity index (χ3n) is 5.28. The molecule has 2 aromatic carbocycles. The number of rotatable bonds is 10. The van der Waals surface area contributed by atoms with Crippen molar-refractivity contribution in [2.24, 2.45) is 0 Å². The summed E-state index contributed by atoms with van der Waals surface area (Å²) in [6, 6.07) is 15.1. The second-order valence-electron chi connectivity index (χ2n) is 7.50. The molecule has 160 valence electrons. The van der Waals surface area contributed by atoms with E-state index in [0.717, 1.165) is 36.8 Å². The topological polar surface area (TPSA) is 78.7 Å². The Kier molecular flexibility index (Phi) is 8.13. The SMILES string of the molecule is COc1ccc([C@H](CC(=O)SCc2ccccc2)C[N+](=O)[O-])cc1OC1CCCC1. The van der Waals surface area contributed by atoms with Crippen LogP contribution in [0.15, 0.2) is 48.5 Å². The Morgan fingerprint density at radius 1 is 1.17 bits per heavy atom. The fourth-order valence-electron chi connectivity index (χ4n) is 3.69. The second kappa shape index (κ2) is 11.0. The van der Waals surface area contributed by atoms with Crippen molar-refractivity contribution in [2.45, 2.75) is 49.9 Å². The van der Waals surface area contributed by atoms with Crippen LogP contribution in [0.3, 0.4) is 0 Å². The van der Waals surface area contributed by atoms with E-state index in [2.05, 4.69) is 0 Å².